The molecule has 1 aromatic rings. The number of aromatic nitrogens is 2. The zero-order valence-corrected chi connectivity index (χ0v) is 12.1. The Morgan fingerprint density at radius 1 is 1.38 bits per heavy atom. The second-order valence-corrected chi connectivity index (χ2v) is 6.86. The number of rotatable bonds is 3. The standard InChI is InChI=1S/C11H16F3N3O3S/c1-7-9(6-18)10(16-15-7)21(19,20)17-4-2-8(3-5-17)11(12,13)14/h8,18H,2-6H2,1H3,(H,15,16). The quantitative estimate of drug-likeness (QED) is 0.873. The van der Waals surface area contributed by atoms with Gasteiger partial charge in [-0.05, 0) is 19.8 Å². The van der Waals surface area contributed by atoms with Gasteiger partial charge in [0.1, 0.15) is 0 Å². The molecule has 10 heteroatoms. The van der Waals surface area contributed by atoms with Crippen LogP contribution in [0.3, 0.4) is 0 Å². The first kappa shape index (κ1) is 16.2. The van der Waals surface area contributed by atoms with Crippen molar-refractivity contribution in [1.82, 2.24) is 14.5 Å². The van der Waals surface area contributed by atoms with Crippen molar-refractivity contribution < 1.29 is 26.7 Å². The molecular weight excluding hydrogens is 311 g/mol. The number of nitrogens with one attached hydrogen (secondary N) is 1. The first-order valence-corrected chi connectivity index (χ1v) is 7.83. The number of halogens is 3. The van der Waals surface area contributed by atoms with E-state index in [4.69, 9.17) is 0 Å². The Morgan fingerprint density at radius 2 is 1.95 bits per heavy atom. The van der Waals surface area contributed by atoms with Gasteiger partial charge in [-0.3, -0.25) is 5.10 Å². The smallest absolute Gasteiger partial charge is 0.391 e. The number of nitrogens with zero attached hydrogens (tertiary/aromatic N) is 2. The van der Waals surface area contributed by atoms with E-state index in [1.807, 2.05) is 0 Å². The number of aromatic amines is 1. The molecule has 0 saturated carbocycles. The normalized spacial score (nSPS) is 19.1. The molecule has 1 aromatic heterocycles. The van der Waals surface area contributed by atoms with Crippen molar-refractivity contribution in [2.45, 2.75) is 37.6 Å². The zero-order valence-electron chi connectivity index (χ0n) is 11.3. The third-order valence-corrected chi connectivity index (χ3v) is 5.57. The van der Waals surface area contributed by atoms with E-state index in [9.17, 15) is 26.7 Å². The van der Waals surface area contributed by atoms with Crippen molar-refractivity contribution in [3.05, 3.63) is 11.3 Å². The zero-order chi connectivity index (χ0) is 15.8. The van der Waals surface area contributed by atoms with Crippen LogP contribution in [0.4, 0.5) is 13.2 Å². The Kier molecular flexibility index (Phi) is 4.31. The van der Waals surface area contributed by atoms with Gasteiger partial charge in [0.25, 0.3) is 10.0 Å². The molecule has 0 amide bonds. The van der Waals surface area contributed by atoms with Gasteiger partial charge in [-0.1, -0.05) is 0 Å². The van der Waals surface area contributed by atoms with E-state index in [2.05, 4.69) is 10.2 Å². The van der Waals surface area contributed by atoms with Crippen LogP contribution in [0, 0.1) is 12.8 Å². The van der Waals surface area contributed by atoms with Gasteiger partial charge in [0.2, 0.25) is 0 Å². The molecule has 0 bridgehead atoms. The van der Waals surface area contributed by atoms with Crippen LogP contribution in [0.1, 0.15) is 24.1 Å². The first-order valence-electron chi connectivity index (χ1n) is 6.39. The van der Waals surface area contributed by atoms with Crippen LogP contribution in [0.15, 0.2) is 5.03 Å². The van der Waals surface area contributed by atoms with Crippen molar-refractivity contribution in [3.8, 4) is 0 Å². The molecule has 0 aromatic carbocycles. The van der Waals surface area contributed by atoms with Crippen LogP contribution in [0.2, 0.25) is 0 Å². The minimum Gasteiger partial charge on any atom is -0.392 e. The third-order valence-electron chi connectivity index (χ3n) is 3.70. The summed E-state index contributed by atoms with van der Waals surface area (Å²) in [4.78, 5) is 0. The molecule has 1 fully saturated rings. The predicted octanol–water partition coefficient (Wildman–Crippen LogP) is 1.17. The highest BCUT2D eigenvalue weighted by Gasteiger charge is 2.43. The number of H-pyrrole nitrogens is 1. The number of piperidine rings is 1. The maximum atomic E-state index is 12.6. The van der Waals surface area contributed by atoms with E-state index in [1.165, 1.54) is 0 Å². The minimum atomic E-state index is -4.30. The van der Waals surface area contributed by atoms with Crippen LogP contribution >= 0.6 is 0 Å². The third kappa shape index (κ3) is 3.06. The first-order chi connectivity index (χ1) is 9.67. The van der Waals surface area contributed by atoms with Gasteiger partial charge in [0, 0.05) is 24.3 Å². The number of aliphatic hydroxyl groups excluding tert-OH is 1. The SMILES string of the molecule is Cc1[nH]nc(S(=O)(=O)N2CCC(C(F)(F)F)CC2)c1CO. The van der Waals surface area contributed by atoms with E-state index in [0.29, 0.717) is 5.69 Å². The predicted molar refractivity (Wildman–Crippen MR) is 66.8 cm³/mol. The van der Waals surface area contributed by atoms with Crippen LogP contribution < -0.4 is 0 Å². The summed E-state index contributed by atoms with van der Waals surface area (Å²) < 4.78 is 63.5. The highest BCUT2D eigenvalue weighted by molar-refractivity contribution is 7.89. The summed E-state index contributed by atoms with van der Waals surface area (Å²) in [5, 5.41) is 15.0. The monoisotopic (exact) mass is 327 g/mol. The lowest BCUT2D eigenvalue weighted by Gasteiger charge is -2.31. The Morgan fingerprint density at radius 3 is 2.43 bits per heavy atom. The van der Waals surface area contributed by atoms with Gasteiger partial charge in [0.05, 0.1) is 12.5 Å². The van der Waals surface area contributed by atoms with Crippen molar-refractivity contribution >= 4 is 10.0 Å². The Labute approximate surface area is 120 Å². The second kappa shape index (κ2) is 5.58. The Bertz CT molecular complexity index is 604. The largest absolute Gasteiger partial charge is 0.392 e. The Hall–Kier alpha value is -1.13. The molecule has 1 aliphatic heterocycles. The van der Waals surface area contributed by atoms with E-state index >= 15 is 0 Å². The van der Waals surface area contributed by atoms with Gasteiger partial charge in [-0.15, -0.1) is 0 Å². The fourth-order valence-corrected chi connectivity index (χ4v) is 4.00. The van der Waals surface area contributed by atoms with Gasteiger partial charge >= 0.3 is 6.18 Å². The molecule has 0 atom stereocenters. The minimum absolute atomic E-state index is 0.146. The summed E-state index contributed by atoms with van der Waals surface area (Å²) >= 11 is 0. The van der Waals surface area contributed by atoms with Crippen molar-refractivity contribution in [2.24, 2.45) is 5.92 Å². The number of aryl methyl sites for hydroxylation is 1. The molecule has 21 heavy (non-hydrogen) atoms. The fourth-order valence-electron chi connectivity index (χ4n) is 2.38. The summed E-state index contributed by atoms with van der Waals surface area (Å²) in [7, 11) is -3.99. The molecule has 0 spiro atoms. The molecule has 1 aliphatic rings. The molecule has 2 N–H and O–H groups in total. The van der Waals surface area contributed by atoms with Gasteiger partial charge in [-0.2, -0.15) is 22.6 Å². The molecule has 120 valence electrons. The molecular formula is C11H16F3N3O3S. The van der Waals surface area contributed by atoms with Crippen molar-refractivity contribution in [1.29, 1.82) is 0 Å². The summed E-state index contributed by atoms with van der Waals surface area (Å²) in [6.45, 7) is 0.649. The molecule has 2 heterocycles. The topological polar surface area (TPSA) is 86.3 Å². The Balaban J connectivity index is 2.19. The van der Waals surface area contributed by atoms with Crippen LogP contribution in [-0.4, -0.2) is 47.3 Å². The number of sulfonamides is 1. The molecule has 1 saturated heterocycles. The van der Waals surface area contributed by atoms with Gasteiger partial charge in [-0.25, -0.2) is 8.42 Å². The highest BCUT2D eigenvalue weighted by atomic mass is 32.2. The summed E-state index contributed by atoms with van der Waals surface area (Å²) in [5.74, 6) is -1.47. The lowest BCUT2D eigenvalue weighted by Crippen LogP contribution is -2.42. The summed E-state index contributed by atoms with van der Waals surface area (Å²) in [5.41, 5.74) is 0.564. The number of hydrogen-bond acceptors (Lipinski definition) is 4. The van der Waals surface area contributed by atoms with Crippen LogP contribution in [-0.2, 0) is 16.6 Å². The van der Waals surface area contributed by atoms with Crippen molar-refractivity contribution in [2.75, 3.05) is 13.1 Å². The number of hydrogen-bond donors (Lipinski definition) is 2. The average molecular weight is 327 g/mol. The van der Waals surface area contributed by atoms with Crippen LogP contribution in [0.5, 0.6) is 0 Å². The second-order valence-electron chi connectivity index (χ2n) is 5.01. The molecule has 0 radical (unpaired) electrons. The molecule has 0 unspecified atom stereocenters. The molecule has 2 rings (SSSR count). The van der Waals surface area contributed by atoms with Crippen molar-refractivity contribution in [3.63, 3.8) is 0 Å². The van der Waals surface area contributed by atoms with E-state index in [-0.39, 0.29) is 36.5 Å². The highest BCUT2D eigenvalue weighted by Crippen LogP contribution is 2.35. The number of aliphatic hydroxyl groups is 1. The van der Waals surface area contributed by atoms with Gasteiger partial charge < -0.3 is 5.11 Å². The maximum absolute atomic E-state index is 12.6. The average Bonchev–Trinajstić information content (AvgIpc) is 2.79. The fraction of sp³-hybridized carbons (Fsp3) is 0.727. The summed E-state index contributed by atoms with van der Waals surface area (Å²) in [6.07, 6.45) is -4.82. The summed E-state index contributed by atoms with van der Waals surface area (Å²) in [6, 6.07) is 0. The maximum Gasteiger partial charge on any atom is 0.391 e. The molecule has 0 aliphatic carbocycles. The molecule has 6 nitrogen and oxygen atoms in total. The van der Waals surface area contributed by atoms with E-state index in [0.717, 1.165) is 4.31 Å². The van der Waals surface area contributed by atoms with Crippen LogP contribution in [0.25, 0.3) is 0 Å². The lowest BCUT2D eigenvalue weighted by molar-refractivity contribution is -0.182. The van der Waals surface area contributed by atoms with E-state index in [1.54, 1.807) is 6.92 Å². The lowest BCUT2D eigenvalue weighted by atomic mass is 9.98. The van der Waals surface area contributed by atoms with E-state index < -0.39 is 28.7 Å². The number of alkyl halides is 3. The van der Waals surface area contributed by atoms with Gasteiger partial charge in [0.15, 0.2) is 5.03 Å².